The Morgan fingerprint density at radius 3 is 2.73 bits per heavy atom. The first-order valence-corrected chi connectivity index (χ1v) is 9.50. The third kappa shape index (κ3) is 6.01. The summed E-state index contributed by atoms with van der Waals surface area (Å²) in [5.74, 6) is 1.37. The smallest absolute Gasteiger partial charge is 0.242 e. The zero-order valence-corrected chi connectivity index (χ0v) is 15.6. The van der Waals surface area contributed by atoms with Crippen LogP contribution in [0.25, 0.3) is 0 Å². The number of nitrogens with zero attached hydrogens (tertiary/aromatic N) is 2. The summed E-state index contributed by atoms with van der Waals surface area (Å²) in [6.45, 7) is 1.17. The van der Waals surface area contributed by atoms with E-state index in [1.165, 1.54) is 18.5 Å². The largest absolute Gasteiger partial charge is 0.497 e. The average molecular weight is 377 g/mol. The number of methoxy groups -OCH3 is 1. The molecule has 0 saturated carbocycles. The maximum Gasteiger partial charge on any atom is 0.242 e. The van der Waals surface area contributed by atoms with Crippen molar-refractivity contribution in [1.29, 1.82) is 0 Å². The van der Waals surface area contributed by atoms with E-state index in [0.717, 1.165) is 11.3 Å². The summed E-state index contributed by atoms with van der Waals surface area (Å²) in [6, 6.07) is 10.8. The van der Waals surface area contributed by atoms with Gasteiger partial charge in [0.25, 0.3) is 0 Å². The molecule has 1 aromatic carbocycles. The number of aliphatic imine (C=N–C) groups is 1. The molecule has 0 spiro atoms. The molecule has 1 aromatic heterocycles. The van der Waals surface area contributed by atoms with Gasteiger partial charge in [0, 0.05) is 39.1 Å². The number of ether oxygens (including phenoxy) is 1. The lowest BCUT2D eigenvalue weighted by Crippen LogP contribution is -2.41. The molecule has 8 nitrogen and oxygen atoms in total. The summed E-state index contributed by atoms with van der Waals surface area (Å²) >= 11 is 0. The second-order valence-corrected chi connectivity index (χ2v) is 7.06. The highest BCUT2D eigenvalue weighted by atomic mass is 32.2. The molecule has 2 rings (SSSR count). The highest BCUT2D eigenvalue weighted by Crippen LogP contribution is 2.12. The van der Waals surface area contributed by atoms with Crippen molar-refractivity contribution in [2.45, 2.75) is 11.4 Å². The minimum absolute atomic E-state index is 0.139. The van der Waals surface area contributed by atoms with Crippen LogP contribution < -0.4 is 20.1 Å². The van der Waals surface area contributed by atoms with Gasteiger partial charge < -0.3 is 15.4 Å². The number of benzene rings is 1. The summed E-state index contributed by atoms with van der Waals surface area (Å²) in [5.41, 5.74) is 1.05. The van der Waals surface area contributed by atoms with Crippen molar-refractivity contribution in [2.24, 2.45) is 4.99 Å². The summed E-state index contributed by atoms with van der Waals surface area (Å²) < 4.78 is 31.9. The molecule has 0 aliphatic heterocycles. The van der Waals surface area contributed by atoms with Gasteiger partial charge in [-0.2, -0.15) is 0 Å². The van der Waals surface area contributed by atoms with Crippen LogP contribution in [0.1, 0.15) is 5.56 Å². The minimum atomic E-state index is -3.55. The quantitative estimate of drug-likeness (QED) is 0.356. The van der Waals surface area contributed by atoms with Crippen LogP contribution in [0.2, 0.25) is 0 Å². The van der Waals surface area contributed by atoms with Crippen LogP contribution in [-0.2, 0) is 16.6 Å². The second-order valence-electron chi connectivity index (χ2n) is 5.29. The molecule has 0 atom stereocenters. The molecular formula is C17H23N5O3S. The van der Waals surface area contributed by atoms with Gasteiger partial charge >= 0.3 is 0 Å². The van der Waals surface area contributed by atoms with Crippen LogP contribution in [0.3, 0.4) is 0 Å². The number of aromatic nitrogens is 1. The fourth-order valence-electron chi connectivity index (χ4n) is 2.14. The Morgan fingerprint density at radius 2 is 2.04 bits per heavy atom. The van der Waals surface area contributed by atoms with Gasteiger partial charge in [-0.05, 0) is 29.8 Å². The van der Waals surface area contributed by atoms with Gasteiger partial charge in [0.1, 0.15) is 10.6 Å². The molecule has 0 fully saturated rings. The maximum absolute atomic E-state index is 12.1. The number of hydrogen-bond donors (Lipinski definition) is 3. The summed E-state index contributed by atoms with van der Waals surface area (Å²) in [7, 11) is -0.277. The van der Waals surface area contributed by atoms with Crippen LogP contribution in [0.5, 0.6) is 5.75 Å². The number of rotatable bonds is 8. The highest BCUT2D eigenvalue weighted by Gasteiger charge is 2.12. The molecule has 9 heteroatoms. The van der Waals surface area contributed by atoms with Crippen molar-refractivity contribution in [3.63, 3.8) is 0 Å². The van der Waals surface area contributed by atoms with Gasteiger partial charge in [0.05, 0.1) is 7.11 Å². The van der Waals surface area contributed by atoms with Crippen LogP contribution >= 0.6 is 0 Å². The fraction of sp³-hybridized carbons (Fsp3) is 0.294. The number of hydrogen-bond acceptors (Lipinski definition) is 5. The molecule has 140 valence electrons. The molecule has 0 amide bonds. The Labute approximate surface area is 153 Å². The number of nitrogens with one attached hydrogen (secondary N) is 3. The van der Waals surface area contributed by atoms with E-state index in [1.54, 1.807) is 20.2 Å². The van der Waals surface area contributed by atoms with Crippen LogP contribution in [0.15, 0.2) is 58.7 Å². The van der Waals surface area contributed by atoms with Crippen LogP contribution in [0, 0.1) is 0 Å². The Hall–Kier alpha value is -2.65. The van der Waals surface area contributed by atoms with E-state index in [2.05, 4.69) is 25.3 Å². The van der Waals surface area contributed by atoms with Crippen molar-refractivity contribution in [3.05, 3.63) is 54.4 Å². The molecule has 26 heavy (non-hydrogen) atoms. The van der Waals surface area contributed by atoms with Crippen LogP contribution in [-0.4, -0.2) is 46.6 Å². The highest BCUT2D eigenvalue weighted by molar-refractivity contribution is 7.89. The third-order valence-electron chi connectivity index (χ3n) is 3.47. The van der Waals surface area contributed by atoms with Gasteiger partial charge in [-0.3, -0.25) is 9.98 Å². The summed E-state index contributed by atoms with van der Waals surface area (Å²) in [6.07, 6.45) is 2.84. The van der Waals surface area contributed by atoms with E-state index in [-0.39, 0.29) is 11.4 Å². The predicted molar refractivity (Wildman–Crippen MR) is 101 cm³/mol. The number of pyridine rings is 1. The van der Waals surface area contributed by atoms with E-state index >= 15 is 0 Å². The first-order chi connectivity index (χ1) is 12.5. The predicted octanol–water partition coefficient (Wildman–Crippen LogP) is 0.734. The van der Waals surface area contributed by atoms with E-state index in [0.29, 0.717) is 19.0 Å². The Balaban J connectivity index is 1.77. The van der Waals surface area contributed by atoms with Gasteiger partial charge in [-0.25, -0.2) is 13.1 Å². The molecule has 0 radical (unpaired) electrons. The molecule has 0 saturated heterocycles. The molecular weight excluding hydrogens is 354 g/mol. The third-order valence-corrected chi connectivity index (χ3v) is 4.92. The Kier molecular flexibility index (Phi) is 7.37. The first kappa shape index (κ1) is 19.7. The fourth-order valence-corrected chi connectivity index (χ4v) is 3.14. The lowest BCUT2D eigenvalue weighted by atomic mass is 10.2. The average Bonchev–Trinajstić information content (AvgIpc) is 2.68. The zero-order valence-electron chi connectivity index (χ0n) is 14.8. The summed E-state index contributed by atoms with van der Waals surface area (Å²) in [5, 5.41) is 6.22. The van der Waals surface area contributed by atoms with Crippen molar-refractivity contribution in [1.82, 2.24) is 20.3 Å². The molecule has 0 aliphatic carbocycles. The van der Waals surface area contributed by atoms with Gasteiger partial charge in [-0.15, -0.1) is 0 Å². The van der Waals surface area contributed by atoms with Crippen molar-refractivity contribution >= 4 is 16.0 Å². The zero-order chi connectivity index (χ0) is 18.8. The number of guanidine groups is 1. The standard InChI is InChI=1S/C17H23N5O3S/c1-18-17(21-12-14-5-3-6-15(11-14)25-2)20-9-10-22-26(23,24)16-7-4-8-19-13-16/h3-8,11,13,22H,9-10,12H2,1-2H3,(H2,18,20,21). The lowest BCUT2D eigenvalue weighted by molar-refractivity contribution is 0.414. The molecule has 3 N–H and O–H groups in total. The maximum atomic E-state index is 12.1. The Morgan fingerprint density at radius 1 is 1.19 bits per heavy atom. The van der Waals surface area contributed by atoms with Crippen molar-refractivity contribution in [3.8, 4) is 5.75 Å². The SMILES string of the molecule is CN=C(NCCNS(=O)(=O)c1cccnc1)NCc1cccc(OC)c1. The van der Waals surface area contributed by atoms with Crippen LogP contribution in [0.4, 0.5) is 0 Å². The second kappa shape index (κ2) is 9.73. The van der Waals surface area contributed by atoms with Crippen molar-refractivity contribution in [2.75, 3.05) is 27.2 Å². The first-order valence-electron chi connectivity index (χ1n) is 8.02. The van der Waals surface area contributed by atoms with E-state index in [1.807, 2.05) is 24.3 Å². The van der Waals surface area contributed by atoms with E-state index < -0.39 is 10.0 Å². The molecule has 2 aromatic rings. The van der Waals surface area contributed by atoms with Gasteiger partial charge in [0.2, 0.25) is 10.0 Å². The molecule has 1 heterocycles. The molecule has 0 bridgehead atoms. The number of sulfonamides is 1. The lowest BCUT2D eigenvalue weighted by Gasteiger charge is -2.13. The molecule has 0 aliphatic rings. The Bertz CT molecular complexity index is 825. The molecule has 0 unspecified atom stereocenters. The monoisotopic (exact) mass is 377 g/mol. The van der Waals surface area contributed by atoms with Gasteiger partial charge in [-0.1, -0.05) is 12.1 Å². The topological polar surface area (TPSA) is 105 Å². The van der Waals surface area contributed by atoms with E-state index in [4.69, 9.17) is 4.74 Å². The van der Waals surface area contributed by atoms with Gasteiger partial charge in [0.15, 0.2) is 5.96 Å². The summed E-state index contributed by atoms with van der Waals surface area (Å²) in [4.78, 5) is 8.07. The van der Waals surface area contributed by atoms with E-state index in [9.17, 15) is 8.42 Å². The van der Waals surface area contributed by atoms with Crippen molar-refractivity contribution < 1.29 is 13.2 Å². The normalized spacial score (nSPS) is 11.8. The minimum Gasteiger partial charge on any atom is -0.497 e.